The maximum Gasteiger partial charge on any atom is 0.262 e. The standard InChI is InChI=1S/C18H16N2O4/c1-24-13-6-4-5-12(9-13)10-19-16(21)11-20-17(22)14-7-2-3-8-15(14)18(20)23/h2-9H,10-11H2,1H3,(H,19,21). The molecule has 1 heterocycles. The Morgan fingerprint density at radius 2 is 1.71 bits per heavy atom. The van der Waals surface area contributed by atoms with E-state index < -0.39 is 17.7 Å². The molecule has 6 heteroatoms. The summed E-state index contributed by atoms with van der Waals surface area (Å²) in [6.07, 6.45) is 0. The number of nitrogens with one attached hydrogen (secondary N) is 1. The van der Waals surface area contributed by atoms with E-state index in [9.17, 15) is 14.4 Å². The number of carbonyl (C=O) groups excluding carboxylic acids is 3. The minimum absolute atomic E-state index is 0.291. The fourth-order valence-corrected chi connectivity index (χ4v) is 2.57. The molecule has 24 heavy (non-hydrogen) atoms. The van der Waals surface area contributed by atoms with Gasteiger partial charge in [0.05, 0.1) is 18.2 Å². The van der Waals surface area contributed by atoms with Crippen LogP contribution < -0.4 is 10.1 Å². The lowest BCUT2D eigenvalue weighted by Crippen LogP contribution is -2.40. The second-order valence-corrected chi connectivity index (χ2v) is 5.37. The zero-order valence-electron chi connectivity index (χ0n) is 13.1. The van der Waals surface area contributed by atoms with Crippen LogP contribution in [0, 0.1) is 0 Å². The Hall–Kier alpha value is -3.15. The maximum absolute atomic E-state index is 12.2. The number of imide groups is 1. The average Bonchev–Trinajstić information content (AvgIpc) is 2.85. The Bertz CT molecular complexity index is 781. The van der Waals surface area contributed by atoms with E-state index in [2.05, 4.69) is 5.32 Å². The van der Waals surface area contributed by atoms with Crippen molar-refractivity contribution in [2.75, 3.05) is 13.7 Å². The molecule has 0 saturated heterocycles. The molecule has 3 amide bonds. The lowest BCUT2D eigenvalue weighted by atomic mass is 10.1. The minimum atomic E-state index is -0.438. The van der Waals surface area contributed by atoms with Gasteiger partial charge in [0.2, 0.25) is 5.91 Å². The molecule has 0 radical (unpaired) electrons. The Balaban J connectivity index is 1.62. The first kappa shape index (κ1) is 15.7. The molecule has 122 valence electrons. The molecule has 0 aromatic heterocycles. The maximum atomic E-state index is 12.2. The Labute approximate surface area is 139 Å². The fourth-order valence-electron chi connectivity index (χ4n) is 2.57. The van der Waals surface area contributed by atoms with Gasteiger partial charge in [-0.3, -0.25) is 19.3 Å². The summed E-state index contributed by atoms with van der Waals surface area (Å²) in [4.78, 5) is 37.5. The number of ether oxygens (including phenoxy) is 1. The molecule has 1 N–H and O–H groups in total. The third-order valence-corrected chi connectivity index (χ3v) is 3.80. The van der Waals surface area contributed by atoms with Gasteiger partial charge in [0.15, 0.2) is 0 Å². The summed E-state index contributed by atoms with van der Waals surface area (Å²) in [5.74, 6) is -0.575. The highest BCUT2D eigenvalue weighted by atomic mass is 16.5. The molecular weight excluding hydrogens is 308 g/mol. The number of hydrogen-bond acceptors (Lipinski definition) is 4. The van der Waals surface area contributed by atoms with E-state index in [4.69, 9.17) is 4.74 Å². The van der Waals surface area contributed by atoms with Crippen LogP contribution in [0.3, 0.4) is 0 Å². The van der Waals surface area contributed by atoms with Crippen LogP contribution in [-0.2, 0) is 11.3 Å². The smallest absolute Gasteiger partial charge is 0.262 e. The summed E-state index contributed by atoms with van der Waals surface area (Å²) in [7, 11) is 1.57. The van der Waals surface area contributed by atoms with Gasteiger partial charge in [-0.1, -0.05) is 24.3 Å². The molecule has 1 aliphatic heterocycles. The van der Waals surface area contributed by atoms with Crippen molar-refractivity contribution in [1.29, 1.82) is 0 Å². The molecule has 0 atom stereocenters. The highest BCUT2D eigenvalue weighted by Crippen LogP contribution is 2.21. The first-order valence-electron chi connectivity index (χ1n) is 7.45. The summed E-state index contributed by atoms with van der Waals surface area (Å²) < 4.78 is 5.12. The number of benzene rings is 2. The third-order valence-electron chi connectivity index (χ3n) is 3.80. The van der Waals surface area contributed by atoms with E-state index in [-0.39, 0.29) is 6.54 Å². The van der Waals surface area contributed by atoms with Crippen LogP contribution in [0.5, 0.6) is 5.75 Å². The van der Waals surface area contributed by atoms with Crippen molar-refractivity contribution >= 4 is 17.7 Å². The quantitative estimate of drug-likeness (QED) is 0.848. The van der Waals surface area contributed by atoms with Gasteiger partial charge in [0.25, 0.3) is 11.8 Å². The van der Waals surface area contributed by atoms with Gasteiger partial charge in [-0.25, -0.2) is 0 Å². The summed E-state index contributed by atoms with van der Waals surface area (Å²) in [6, 6.07) is 13.8. The molecule has 0 unspecified atom stereocenters. The van der Waals surface area contributed by atoms with Gasteiger partial charge in [0, 0.05) is 6.54 Å². The largest absolute Gasteiger partial charge is 0.497 e. The van der Waals surface area contributed by atoms with E-state index in [1.165, 1.54) is 0 Å². The third kappa shape index (κ3) is 2.99. The SMILES string of the molecule is COc1cccc(CNC(=O)CN2C(=O)c3ccccc3C2=O)c1. The Kier molecular flexibility index (Phi) is 4.29. The van der Waals surface area contributed by atoms with Crippen molar-refractivity contribution in [3.63, 3.8) is 0 Å². The predicted octanol–water partition coefficient (Wildman–Crippen LogP) is 1.61. The summed E-state index contributed by atoms with van der Waals surface area (Å²) in [5, 5.41) is 2.70. The molecule has 6 nitrogen and oxygen atoms in total. The van der Waals surface area contributed by atoms with Crippen LogP contribution in [-0.4, -0.2) is 36.3 Å². The Morgan fingerprint density at radius 3 is 2.33 bits per heavy atom. The molecule has 3 rings (SSSR count). The summed E-state index contributed by atoms with van der Waals surface area (Å²) >= 11 is 0. The molecule has 2 aromatic carbocycles. The fraction of sp³-hybridized carbons (Fsp3) is 0.167. The van der Waals surface area contributed by atoms with E-state index in [1.807, 2.05) is 24.3 Å². The topological polar surface area (TPSA) is 75.7 Å². The lowest BCUT2D eigenvalue weighted by Gasteiger charge is -2.13. The number of carbonyl (C=O) groups is 3. The molecule has 0 fully saturated rings. The number of rotatable bonds is 5. The van der Waals surface area contributed by atoms with Gasteiger partial charge in [-0.05, 0) is 29.8 Å². The summed E-state index contributed by atoms with van der Waals surface area (Å²) in [5.41, 5.74) is 1.54. The van der Waals surface area contributed by atoms with Crippen LogP contribution in [0.15, 0.2) is 48.5 Å². The minimum Gasteiger partial charge on any atom is -0.497 e. The van der Waals surface area contributed by atoms with Crippen LogP contribution in [0.4, 0.5) is 0 Å². The van der Waals surface area contributed by atoms with Gasteiger partial charge in [-0.2, -0.15) is 0 Å². The van der Waals surface area contributed by atoms with Gasteiger partial charge in [0.1, 0.15) is 12.3 Å². The first-order valence-corrected chi connectivity index (χ1v) is 7.45. The van der Waals surface area contributed by atoms with Crippen molar-refractivity contribution < 1.29 is 19.1 Å². The van der Waals surface area contributed by atoms with E-state index >= 15 is 0 Å². The molecule has 0 spiro atoms. The second kappa shape index (κ2) is 6.54. The van der Waals surface area contributed by atoms with Crippen LogP contribution in [0.25, 0.3) is 0 Å². The van der Waals surface area contributed by atoms with E-state index in [1.54, 1.807) is 31.4 Å². The van der Waals surface area contributed by atoms with Crippen LogP contribution >= 0.6 is 0 Å². The zero-order chi connectivity index (χ0) is 17.1. The van der Waals surface area contributed by atoms with E-state index in [0.29, 0.717) is 23.4 Å². The number of fused-ring (bicyclic) bond motifs is 1. The molecule has 2 aromatic rings. The highest BCUT2D eigenvalue weighted by molar-refractivity contribution is 6.22. The number of methoxy groups -OCH3 is 1. The normalized spacial score (nSPS) is 13.0. The van der Waals surface area contributed by atoms with Crippen LogP contribution in [0.2, 0.25) is 0 Å². The highest BCUT2D eigenvalue weighted by Gasteiger charge is 2.36. The molecule has 0 bridgehead atoms. The van der Waals surface area contributed by atoms with Crippen molar-refractivity contribution in [3.05, 3.63) is 65.2 Å². The number of amides is 3. The summed E-state index contributed by atoms with van der Waals surface area (Å²) in [6.45, 7) is -0.00445. The van der Waals surface area contributed by atoms with Gasteiger partial charge < -0.3 is 10.1 Å². The monoisotopic (exact) mass is 324 g/mol. The van der Waals surface area contributed by atoms with Crippen LogP contribution in [0.1, 0.15) is 26.3 Å². The van der Waals surface area contributed by atoms with Crippen molar-refractivity contribution in [1.82, 2.24) is 10.2 Å². The zero-order valence-corrected chi connectivity index (χ0v) is 13.1. The number of nitrogens with zero attached hydrogens (tertiary/aromatic N) is 1. The van der Waals surface area contributed by atoms with Crippen molar-refractivity contribution in [2.45, 2.75) is 6.54 Å². The second-order valence-electron chi connectivity index (χ2n) is 5.37. The molecule has 1 aliphatic rings. The molecule has 0 saturated carbocycles. The van der Waals surface area contributed by atoms with E-state index in [0.717, 1.165) is 10.5 Å². The number of hydrogen-bond donors (Lipinski definition) is 1. The molecular formula is C18H16N2O4. The van der Waals surface area contributed by atoms with Crippen molar-refractivity contribution in [3.8, 4) is 5.75 Å². The lowest BCUT2D eigenvalue weighted by molar-refractivity contribution is -0.121. The Morgan fingerprint density at radius 1 is 1.04 bits per heavy atom. The van der Waals surface area contributed by atoms with Crippen molar-refractivity contribution in [2.24, 2.45) is 0 Å². The molecule has 0 aliphatic carbocycles. The average molecular weight is 324 g/mol. The predicted molar refractivity (Wildman–Crippen MR) is 86.6 cm³/mol. The van der Waals surface area contributed by atoms with Gasteiger partial charge >= 0.3 is 0 Å². The van der Waals surface area contributed by atoms with Gasteiger partial charge in [-0.15, -0.1) is 0 Å². The first-order chi connectivity index (χ1) is 11.6.